The van der Waals surface area contributed by atoms with E-state index in [2.05, 4.69) is 9.84 Å². The zero-order valence-corrected chi connectivity index (χ0v) is 10.7. The van der Waals surface area contributed by atoms with E-state index in [9.17, 15) is 18.0 Å². The Hall–Kier alpha value is -2.25. The molecule has 8 heteroatoms. The zero-order chi connectivity index (χ0) is 14.9. The van der Waals surface area contributed by atoms with Gasteiger partial charge >= 0.3 is 12.1 Å². The number of carbonyl (C=O) groups excluding carboxylic acids is 1. The van der Waals surface area contributed by atoms with Crippen molar-refractivity contribution in [3.8, 4) is 5.75 Å². The lowest BCUT2D eigenvalue weighted by Crippen LogP contribution is -2.19. The van der Waals surface area contributed by atoms with E-state index in [4.69, 9.17) is 4.74 Å². The fourth-order valence-corrected chi connectivity index (χ4v) is 1.82. The van der Waals surface area contributed by atoms with Gasteiger partial charge in [-0.3, -0.25) is 4.68 Å². The minimum absolute atomic E-state index is 0.175. The highest BCUT2D eigenvalue weighted by atomic mass is 19.4. The van der Waals surface area contributed by atoms with Gasteiger partial charge in [0.1, 0.15) is 12.3 Å². The lowest BCUT2D eigenvalue weighted by molar-refractivity contribution is -0.141. The number of aromatic nitrogens is 2. The number of alkyl halides is 3. The van der Waals surface area contributed by atoms with Crippen LogP contribution in [0.3, 0.4) is 0 Å². The van der Waals surface area contributed by atoms with E-state index >= 15 is 0 Å². The van der Waals surface area contributed by atoms with Gasteiger partial charge in [-0.25, -0.2) is 4.79 Å². The summed E-state index contributed by atoms with van der Waals surface area (Å²) in [5.74, 6) is -0.390. The number of rotatable bonds is 3. The molecule has 2 rings (SSSR count). The van der Waals surface area contributed by atoms with Crippen molar-refractivity contribution < 1.29 is 27.4 Å². The number of esters is 1. The van der Waals surface area contributed by atoms with Gasteiger partial charge in [-0.1, -0.05) is 0 Å². The van der Waals surface area contributed by atoms with Crippen molar-refractivity contribution >= 4 is 16.9 Å². The first-order valence-electron chi connectivity index (χ1n) is 5.55. The molecule has 0 spiro atoms. The molecular formula is C12H11F3N2O3. The van der Waals surface area contributed by atoms with Gasteiger partial charge in [-0.05, 0) is 18.2 Å². The van der Waals surface area contributed by atoms with Crippen molar-refractivity contribution in [2.24, 2.45) is 0 Å². The van der Waals surface area contributed by atoms with E-state index in [0.717, 1.165) is 11.8 Å². The molecule has 0 unspecified atom stereocenters. The van der Waals surface area contributed by atoms with Gasteiger partial charge in [-0.2, -0.15) is 18.3 Å². The number of benzene rings is 1. The highest BCUT2D eigenvalue weighted by molar-refractivity contribution is 6.02. The summed E-state index contributed by atoms with van der Waals surface area (Å²) in [5, 5.41) is 3.94. The molecule has 0 aliphatic rings. The number of hydrogen-bond donors (Lipinski definition) is 0. The van der Waals surface area contributed by atoms with Crippen LogP contribution < -0.4 is 4.74 Å². The van der Waals surface area contributed by atoms with E-state index < -0.39 is 18.7 Å². The molecule has 0 saturated heterocycles. The molecule has 0 aliphatic heterocycles. The number of carbonyl (C=O) groups is 1. The van der Waals surface area contributed by atoms with Crippen molar-refractivity contribution in [3.63, 3.8) is 0 Å². The Morgan fingerprint density at radius 3 is 2.60 bits per heavy atom. The summed E-state index contributed by atoms with van der Waals surface area (Å²) in [5.41, 5.74) is 0.00850. The molecule has 108 valence electrons. The summed E-state index contributed by atoms with van der Waals surface area (Å²) >= 11 is 0. The summed E-state index contributed by atoms with van der Waals surface area (Å²) in [6.07, 6.45) is -4.44. The molecule has 1 aromatic carbocycles. The minimum atomic E-state index is -4.44. The maximum Gasteiger partial charge on any atom is 0.408 e. The van der Waals surface area contributed by atoms with Crippen LogP contribution >= 0.6 is 0 Å². The largest absolute Gasteiger partial charge is 0.497 e. The Labute approximate surface area is 111 Å². The molecule has 0 atom stereocenters. The van der Waals surface area contributed by atoms with Crippen molar-refractivity contribution in [1.29, 1.82) is 0 Å². The molecule has 0 fully saturated rings. The molecular weight excluding hydrogens is 277 g/mol. The van der Waals surface area contributed by atoms with Crippen LogP contribution in [0, 0.1) is 0 Å². The van der Waals surface area contributed by atoms with Gasteiger partial charge < -0.3 is 9.47 Å². The summed E-state index contributed by atoms with van der Waals surface area (Å²) in [6, 6.07) is 4.36. The Morgan fingerprint density at radius 2 is 2.05 bits per heavy atom. The standard InChI is InChI=1S/C12H11F3N2O3/c1-19-7-3-4-9-8(5-7)10(11(18)20-2)16-17(9)6-12(13,14)15/h3-5H,6H2,1-2H3. The molecule has 0 saturated carbocycles. The second-order valence-electron chi connectivity index (χ2n) is 4.00. The first kappa shape index (κ1) is 14.2. The molecule has 0 radical (unpaired) electrons. The topological polar surface area (TPSA) is 53.3 Å². The Kier molecular flexibility index (Phi) is 3.56. The summed E-state index contributed by atoms with van der Waals surface area (Å²) in [6.45, 7) is -1.28. The lowest BCUT2D eigenvalue weighted by atomic mass is 10.2. The fourth-order valence-electron chi connectivity index (χ4n) is 1.82. The van der Waals surface area contributed by atoms with Crippen molar-refractivity contribution in [3.05, 3.63) is 23.9 Å². The third-order valence-corrected chi connectivity index (χ3v) is 2.67. The minimum Gasteiger partial charge on any atom is -0.497 e. The third kappa shape index (κ3) is 2.68. The molecule has 20 heavy (non-hydrogen) atoms. The summed E-state index contributed by atoms with van der Waals surface area (Å²) in [4.78, 5) is 11.6. The third-order valence-electron chi connectivity index (χ3n) is 2.67. The monoisotopic (exact) mass is 288 g/mol. The van der Waals surface area contributed by atoms with Crippen LogP contribution in [0.15, 0.2) is 18.2 Å². The maximum absolute atomic E-state index is 12.5. The van der Waals surface area contributed by atoms with Crippen LogP contribution in [0.25, 0.3) is 10.9 Å². The second-order valence-corrected chi connectivity index (χ2v) is 4.00. The zero-order valence-electron chi connectivity index (χ0n) is 10.7. The lowest BCUT2D eigenvalue weighted by Gasteiger charge is -2.07. The Bertz CT molecular complexity index is 649. The van der Waals surface area contributed by atoms with Crippen LogP contribution in [-0.2, 0) is 11.3 Å². The maximum atomic E-state index is 12.5. The first-order chi connectivity index (χ1) is 9.35. The number of fused-ring (bicyclic) bond motifs is 1. The molecule has 0 bridgehead atoms. The highest BCUT2D eigenvalue weighted by Gasteiger charge is 2.30. The van der Waals surface area contributed by atoms with Gasteiger partial charge in [0.25, 0.3) is 0 Å². The SMILES string of the molecule is COC(=O)c1nn(CC(F)(F)F)c2ccc(OC)cc12. The number of halogens is 3. The van der Waals surface area contributed by atoms with E-state index in [1.54, 1.807) is 0 Å². The van der Waals surface area contributed by atoms with Gasteiger partial charge in [0.05, 0.1) is 19.7 Å². The predicted octanol–water partition coefficient (Wildman–Crippen LogP) is 2.39. The Morgan fingerprint density at radius 1 is 1.35 bits per heavy atom. The second kappa shape index (κ2) is 5.03. The normalized spacial score (nSPS) is 11.7. The van der Waals surface area contributed by atoms with E-state index in [0.29, 0.717) is 5.75 Å². The molecule has 0 amide bonds. The average Bonchev–Trinajstić information content (AvgIpc) is 2.74. The molecule has 0 aliphatic carbocycles. The number of hydrogen-bond acceptors (Lipinski definition) is 4. The van der Waals surface area contributed by atoms with Crippen LogP contribution in [0.4, 0.5) is 13.2 Å². The number of nitrogens with zero attached hydrogens (tertiary/aromatic N) is 2. The van der Waals surface area contributed by atoms with E-state index in [1.165, 1.54) is 25.3 Å². The van der Waals surface area contributed by atoms with Crippen LogP contribution in [0.5, 0.6) is 5.75 Å². The van der Waals surface area contributed by atoms with Crippen molar-refractivity contribution in [1.82, 2.24) is 9.78 Å². The van der Waals surface area contributed by atoms with Gasteiger partial charge in [0.2, 0.25) is 0 Å². The van der Waals surface area contributed by atoms with Crippen molar-refractivity contribution in [2.75, 3.05) is 14.2 Å². The van der Waals surface area contributed by atoms with Crippen LogP contribution in [0.1, 0.15) is 10.5 Å². The van der Waals surface area contributed by atoms with Crippen LogP contribution in [-0.4, -0.2) is 36.1 Å². The highest BCUT2D eigenvalue weighted by Crippen LogP contribution is 2.27. The van der Waals surface area contributed by atoms with E-state index in [-0.39, 0.29) is 16.6 Å². The molecule has 2 aromatic rings. The number of ether oxygens (including phenoxy) is 2. The van der Waals surface area contributed by atoms with Crippen molar-refractivity contribution in [2.45, 2.75) is 12.7 Å². The fraction of sp³-hybridized carbons (Fsp3) is 0.333. The molecule has 0 N–H and O–H groups in total. The average molecular weight is 288 g/mol. The van der Waals surface area contributed by atoms with Gasteiger partial charge in [0, 0.05) is 5.39 Å². The van der Waals surface area contributed by atoms with Crippen LogP contribution in [0.2, 0.25) is 0 Å². The molecule has 1 heterocycles. The smallest absolute Gasteiger partial charge is 0.408 e. The molecule has 5 nitrogen and oxygen atoms in total. The first-order valence-corrected chi connectivity index (χ1v) is 5.55. The predicted molar refractivity (Wildman–Crippen MR) is 63.7 cm³/mol. The summed E-state index contributed by atoms with van der Waals surface area (Å²) < 4.78 is 47.8. The molecule has 1 aromatic heterocycles. The van der Waals surface area contributed by atoms with E-state index in [1.807, 2.05) is 0 Å². The summed E-state index contributed by atoms with van der Waals surface area (Å²) in [7, 11) is 2.55. The van der Waals surface area contributed by atoms with Gasteiger partial charge in [-0.15, -0.1) is 0 Å². The van der Waals surface area contributed by atoms with Gasteiger partial charge in [0.15, 0.2) is 5.69 Å². The quantitative estimate of drug-likeness (QED) is 0.814. The number of methoxy groups -OCH3 is 2. The Balaban J connectivity index is 2.62.